The molecule has 3 amide bonds. The van der Waals surface area contributed by atoms with Gasteiger partial charge in [-0.15, -0.1) is 0 Å². The van der Waals surface area contributed by atoms with E-state index in [0.29, 0.717) is 17.1 Å². The monoisotopic (exact) mass is 367 g/mol. The van der Waals surface area contributed by atoms with Gasteiger partial charge in [0, 0.05) is 11.6 Å². The van der Waals surface area contributed by atoms with Crippen molar-refractivity contribution in [2.75, 3.05) is 13.1 Å². The summed E-state index contributed by atoms with van der Waals surface area (Å²) in [6, 6.07) is 16.2. The van der Waals surface area contributed by atoms with Crippen LogP contribution in [0.25, 0.3) is 0 Å². The maximum absolute atomic E-state index is 12.1. The van der Waals surface area contributed by atoms with E-state index in [4.69, 9.17) is 4.74 Å². The summed E-state index contributed by atoms with van der Waals surface area (Å²) in [5, 5.41) is 7.76. The van der Waals surface area contributed by atoms with E-state index < -0.39 is 5.91 Å². The molecular weight excluding hydrogens is 346 g/mol. The second kappa shape index (κ2) is 8.84. The van der Waals surface area contributed by atoms with E-state index in [0.717, 1.165) is 12.8 Å². The number of nitrogens with one attached hydrogen (secondary N) is 3. The lowest BCUT2D eigenvalue weighted by molar-refractivity contribution is -0.125. The van der Waals surface area contributed by atoms with E-state index >= 15 is 0 Å². The van der Waals surface area contributed by atoms with Crippen LogP contribution in [0.2, 0.25) is 0 Å². The van der Waals surface area contributed by atoms with Crippen LogP contribution in [-0.4, -0.2) is 36.9 Å². The lowest BCUT2D eigenvalue weighted by Gasteiger charge is -2.08. The predicted molar refractivity (Wildman–Crippen MR) is 99.5 cm³/mol. The van der Waals surface area contributed by atoms with Crippen LogP contribution in [0.3, 0.4) is 0 Å². The van der Waals surface area contributed by atoms with Crippen LogP contribution in [0.4, 0.5) is 0 Å². The zero-order valence-electron chi connectivity index (χ0n) is 14.7. The molecular formula is C20H21N3O4. The zero-order valence-corrected chi connectivity index (χ0v) is 14.7. The first-order valence-electron chi connectivity index (χ1n) is 8.77. The van der Waals surface area contributed by atoms with E-state index in [1.165, 1.54) is 0 Å². The lowest BCUT2D eigenvalue weighted by atomic mass is 10.2. The van der Waals surface area contributed by atoms with Gasteiger partial charge in [0.05, 0.1) is 13.1 Å². The Morgan fingerprint density at radius 2 is 1.44 bits per heavy atom. The fourth-order valence-corrected chi connectivity index (χ4v) is 2.31. The number of carbonyl (C=O) groups excluding carboxylic acids is 3. The molecule has 1 saturated carbocycles. The third-order valence-electron chi connectivity index (χ3n) is 3.89. The van der Waals surface area contributed by atoms with Gasteiger partial charge in [-0.25, -0.2) is 0 Å². The molecule has 0 heterocycles. The molecule has 1 aliphatic carbocycles. The van der Waals surface area contributed by atoms with Crippen LogP contribution in [0, 0.1) is 0 Å². The molecule has 0 bridgehead atoms. The number of amides is 3. The zero-order chi connectivity index (χ0) is 19.1. The SMILES string of the molecule is O=C(CNC(=O)c1ccc(Oc2ccccc2)cc1)NCC(=O)NC1CC1. The molecule has 3 N–H and O–H groups in total. The predicted octanol–water partition coefficient (Wildman–Crippen LogP) is 1.60. The Labute approximate surface area is 157 Å². The molecule has 0 aromatic heterocycles. The Morgan fingerprint density at radius 1 is 0.815 bits per heavy atom. The number of rotatable bonds is 8. The summed E-state index contributed by atoms with van der Waals surface area (Å²) in [5.41, 5.74) is 0.412. The highest BCUT2D eigenvalue weighted by atomic mass is 16.5. The Hall–Kier alpha value is -3.35. The molecule has 0 aliphatic heterocycles. The van der Waals surface area contributed by atoms with Gasteiger partial charge in [-0.05, 0) is 49.2 Å². The average molecular weight is 367 g/mol. The van der Waals surface area contributed by atoms with Gasteiger partial charge in [-0.1, -0.05) is 18.2 Å². The number of hydrogen-bond acceptors (Lipinski definition) is 4. The van der Waals surface area contributed by atoms with Gasteiger partial charge in [-0.3, -0.25) is 14.4 Å². The minimum absolute atomic E-state index is 0.0866. The Balaban J connectivity index is 1.40. The molecule has 0 unspecified atom stereocenters. The van der Waals surface area contributed by atoms with Gasteiger partial charge < -0.3 is 20.7 Å². The molecule has 1 fully saturated rings. The van der Waals surface area contributed by atoms with Gasteiger partial charge in [0.1, 0.15) is 11.5 Å². The summed E-state index contributed by atoms with van der Waals surface area (Å²) in [5.74, 6) is 0.303. The standard InChI is InChI=1S/C20H21N3O4/c24-18(21-13-19(25)23-15-8-9-15)12-22-20(26)14-6-10-17(11-7-14)27-16-4-2-1-3-5-16/h1-7,10-11,15H,8-9,12-13H2,(H,21,24)(H,22,26)(H,23,25). The topological polar surface area (TPSA) is 96.5 Å². The van der Waals surface area contributed by atoms with Crippen LogP contribution in [-0.2, 0) is 9.59 Å². The lowest BCUT2D eigenvalue weighted by Crippen LogP contribution is -2.42. The van der Waals surface area contributed by atoms with Gasteiger partial charge in [0.2, 0.25) is 11.8 Å². The summed E-state index contributed by atoms with van der Waals surface area (Å²) in [6.45, 7) is -0.283. The number of ether oxygens (including phenoxy) is 1. The average Bonchev–Trinajstić information content (AvgIpc) is 3.50. The molecule has 0 spiro atoms. The van der Waals surface area contributed by atoms with Crippen molar-refractivity contribution in [3.8, 4) is 11.5 Å². The van der Waals surface area contributed by atoms with Crippen molar-refractivity contribution < 1.29 is 19.1 Å². The molecule has 0 radical (unpaired) electrons. The molecule has 7 nitrogen and oxygen atoms in total. The molecule has 2 aromatic carbocycles. The Bertz CT molecular complexity index is 802. The summed E-state index contributed by atoms with van der Waals surface area (Å²) >= 11 is 0. The molecule has 0 saturated heterocycles. The Kier molecular flexibility index (Phi) is 6.04. The number of para-hydroxylation sites is 1. The Morgan fingerprint density at radius 3 is 2.11 bits per heavy atom. The maximum atomic E-state index is 12.1. The summed E-state index contributed by atoms with van der Waals surface area (Å²) in [4.78, 5) is 35.3. The van der Waals surface area contributed by atoms with Crippen LogP contribution in [0.5, 0.6) is 11.5 Å². The van der Waals surface area contributed by atoms with Gasteiger partial charge in [0.15, 0.2) is 0 Å². The summed E-state index contributed by atoms with van der Waals surface area (Å²) in [7, 11) is 0. The van der Waals surface area contributed by atoms with E-state index in [-0.39, 0.29) is 30.9 Å². The normalized spacial score (nSPS) is 12.7. The van der Waals surface area contributed by atoms with Crippen molar-refractivity contribution in [3.63, 3.8) is 0 Å². The van der Waals surface area contributed by atoms with E-state index in [2.05, 4.69) is 16.0 Å². The molecule has 1 aliphatic rings. The third kappa shape index (κ3) is 6.14. The highest BCUT2D eigenvalue weighted by Gasteiger charge is 2.23. The second-order valence-electron chi connectivity index (χ2n) is 6.24. The maximum Gasteiger partial charge on any atom is 0.251 e. The fraction of sp³-hybridized carbons (Fsp3) is 0.250. The third-order valence-corrected chi connectivity index (χ3v) is 3.89. The number of hydrogen-bond donors (Lipinski definition) is 3. The molecule has 27 heavy (non-hydrogen) atoms. The van der Waals surface area contributed by atoms with Crippen molar-refractivity contribution in [2.45, 2.75) is 18.9 Å². The van der Waals surface area contributed by atoms with Crippen LogP contribution >= 0.6 is 0 Å². The summed E-state index contributed by atoms with van der Waals surface area (Å²) in [6.07, 6.45) is 1.98. The highest BCUT2D eigenvalue weighted by Crippen LogP contribution is 2.21. The van der Waals surface area contributed by atoms with Gasteiger partial charge in [0.25, 0.3) is 5.91 Å². The van der Waals surface area contributed by atoms with Crippen LogP contribution in [0.15, 0.2) is 54.6 Å². The molecule has 2 aromatic rings. The van der Waals surface area contributed by atoms with Gasteiger partial charge in [-0.2, -0.15) is 0 Å². The smallest absolute Gasteiger partial charge is 0.251 e. The van der Waals surface area contributed by atoms with Crippen molar-refractivity contribution in [1.82, 2.24) is 16.0 Å². The highest BCUT2D eigenvalue weighted by molar-refractivity contribution is 5.96. The van der Waals surface area contributed by atoms with E-state index in [1.54, 1.807) is 24.3 Å². The van der Waals surface area contributed by atoms with E-state index in [1.807, 2.05) is 30.3 Å². The number of benzene rings is 2. The largest absolute Gasteiger partial charge is 0.457 e. The van der Waals surface area contributed by atoms with Crippen molar-refractivity contribution in [2.24, 2.45) is 0 Å². The van der Waals surface area contributed by atoms with Crippen molar-refractivity contribution in [3.05, 3.63) is 60.2 Å². The van der Waals surface area contributed by atoms with Crippen LogP contribution in [0.1, 0.15) is 23.2 Å². The summed E-state index contributed by atoms with van der Waals surface area (Å²) < 4.78 is 5.66. The fourth-order valence-electron chi connectivity index (χ4n) is 2.31. The molecule has 0 atom stereocenters. The molecule has 3 rings (SSSR count). The van der Waals surface area contributed by atoms with Crippen LogP contribution < -0.4 is 20.7 Å². The quantitative estimate of drug-likeness (QED) is 0.660. The molecule has 140 valence electrons. The van der Waals surface area contributed by atoms with E-state index in [9.17, 15) is 14.4 Å². The number of carbonyl (C=O) groups is 3. The van der Waals surface area contributed by atoms with Crippen molar-refractivity contribution >= 4 is 17.7 Å². The minimum atomic E-state index is -0.418. The first kappa shape index (κ1) is 18.4. The first-order valence-corrected chi connectivity index (χ1v) is 8.77. The first-order chi connectivity index (χ1) is 13.1. The van der Waals surface area contributed by atoms with Crippen molar-refractivity contribution in [1.29, 1.82) is 0 Å². The molecule has 7 heteroatoms. The minimum Gasteiger partial charge on any atom is -0.457 e. The second-order valence-corrected chi connectivity index (χ2v) is 6.24. The van der Waals surface area contributed by atoms with Gasteiger partial charge >= 0.3 is 0 Å².